The molecule has 0 heterocycles. The first kappa shape index (κ1) is 12.1. The SMILES string of the molecule is CCOC(=O)C1(N)CC1c1ccc(C)cc1C. The smallest absolute Gasteiger partial charge is 0.326 e. The molecule has 0 saturated heterocycles. The topological polar surface area (TPSA) is 52.3 Å². The molecule has 0 spiro atoms. The third kappa shape index (κ3) is 2.07. The first-order chi connectivity index (χ1) is 7.99. The summed E-state index contributed by atoms with van der Waals surface area (Å²) in [6.07, 6.45) is 0.690. The van der Waals surface area contributed by atoms with Gasteiger partial charge in [-0.3, -0.25) is 4.79 Å². The molecule has 1 aliphatic rings. The highest BCUT2D eigenvalue weighted by Gasteiger charge is 2.59. The van der Waals surface area contributed by atoms with Crippen LogP contribution in [0.2, 0.25) is 0 Å². The first-order valence-electron chi connectivity index (χ1n) is 6.02. The Labute approximate surface area is 102 Å². The molecule has 1 fully saturated rings. The summed E-state index contributed by atoms with van der Waals surface area (Å²) >= 11 is 0. The van der Waals surface area contributed by atoms with E-state index < -0.39 is 5.54 Å². The van der Waals surface area contributed by atoms with Gasteiger partial charge >= 0.3 is 5.97 Å². The number of rotatable bonds is 3. The number of ether oxygens (including phenoxy) is 1. The minimum absolute atomic E-state index is 0.113. The predicted molar refractivity (Wildman–Crippen MR) is 66.8 cm³/mol. The maximum absolute atomic E-state index is 11.7. The van der Waals surface area contributed by atoms with E-state index in [0.29, 0.717) is 13.0 Å². The molecule has 2 unspecified atom stereocenters. The second kappa shape index (κ2) is 4.15. The number of benzene rings is 1. The maximum atomic E-state index is 11.7. The van der Waals surface area contributed by atoms with Gasteiger partial charge in [-0.1, -0.05) is 23.8 Å². The zero-order valence-corrected chi connectivity index (χ0v) is 10.6. The fraction of sp³-hybridized carbons (Fsp3) is 0.500. The summed E-state index contributed by atoms with van der Waals surface area (Å²) in [4.78, 5) is 11.7. The molecule has 0 aromatic heterocycles. The molecule has 1 aromatic rings. The van der Waals surface area contributed by atoms with Gasteiger partial charge in [-0.15, -0.1) is 0 Å². The highest BCUT2D eigenvalue weighted by molar-refractivity contribution is 5.86. The average molecular weight is 233 g/mol. The van der Waals surface area contributed by atoms with Crippen molar-refractivity contribution in [1.29, 1.82) is 0 Å². The third-order valence-corrected chi connectivity index (χ3v) is 3.46. The fourth-order valence-electron chi connectivity index (χ4n) is 2.37. The van der Waals surface area contributed by atoms with Crippen molar-refractivity contribution in [2.75, 3.05) is 6.61 Å². The summed E-state index contributed by atoms with van der Waals surface area (Å²) < 4.78 is 5.02. The molecular weight excluding hydrogens is 214 g/mol. The van der Waals surface area contributed by atoms with E-state index >= 15 is 0 Å². The highest BCUT2D eigenvalue weighted by atomic mass is 16.5. The molecule has 0 aliphatic heterocycles. The Balaban J connectivity index is 2.19. The van der Waals surface area contributed by atoms with Crippen LogP contribution in [0.4, 0.5) is 0 Å². The molecule has 2 N–H and O–H groups in total. The molecule has 17 heavy (non-hydrogen) atoms. The van der Waals surface area contributed by atoms with E-state index in [-0.39, 0.29) is 11.9 Å². The minimum Gasteiger partial charge on any atom is -0.465 e. The zero-order valence-electron chi connectivity index (χ0n) is 10.6. The standard InChI is InChI=1S/C14H19NO2/c1-4-17-13(16)14(15)8-12(14)11-6-5-9(2)7-10(11)3/h5-7,12H,4,8,15H2,1-3H3. The quantitative estimate of drug-likeness (QED) is 0.813. The number of carbonyl (C=O) groups is 1. The van der Waals surface area contributed by atoms with E-state index in [1.54, 1.807) is 6.92 Å². The van der Waals surface area contributed by atoms with Crippen LogP contribution in [0.3, 0.4) is 0 Å². The highest BCUT2D eigenvalue weighted by Crippen LogP contribution is 2.51. The zero-order chi connectivity index (χ0) is 12.6. The third-order valence-electron chi connectivity index (χ3n) is 3.46. The van der Waals surface area contributed by atoms with Crippen molar-refractivity contribution in [3.63, 3.8) is 0 Å². The van der Waals surface area contributed by atoms with E-state index in [2.05, 4.69) is 32.0 Å². The second-order valence-electron chi connectivity index (χ2n) is 4.88. The molecular formula is C14H19NO2. The fourth-order valence-corrected chi connectivity index (χ4v) is 2.37. The lowest BCUT2D eigenvalue weighted by atomic mass is 9.99. The second-order valence-corrected chi connectivity index (χ2v) is 4.88. The summed E-state index contributed by atoms with van der Waals surface area (Å²) in [5.41, 5.74) is 8.89. The Morgan fingerprint density at radius 2 is 2.24 bits per heavy atom. The molecule has 2 rings (SSSR count). The molecule has 3 heteroatoms. The molecule has 2 atom stereocenters. The van der Waals surface area contributed by atoms with Gasteiger partial charge in [-0.05, 0) is 38.3 Å². The van der Waals surface area contributed by atoms with Crippen LogP contribution in [0.25, 0.3) is 0 Å². The van der Waals surface area contributed by atoms with Gasteiger partial charge in [0.2, 0.25) is 0 Å². The van der Waals surface area contributed by atoms with Gasteiger partial charge in [-0.2, -0.15) is 0 Å². The van der Waals surface area contributed by atoms with E-state index in [1.807, 2.05) is 0 Å². The molecule has 1 aliphatic carbocycles. The van der Waals surface area contributed by atoms with E-state index in [0.717, 1.165) is 0 Å². The summed E-state index contributed by atoms with van der Waals surface area (Å²) in [7, 11) is 0. The van der Waals surface area contributed by atoms with Crippen LogP contribution in [0.15, 0.2) is 18.2 Å². The van der Waals surface area contributed by atoms with Crippen molar-refractivity contribution < 1.29 is 9.53 Å². The van der Waals surface area contributed by atoms with Gasteiger partial charge in [0.05, 0.1) is 6.61 Å². The Kier molecular flexibility index (Phi) is 2.96. The van der Waals surface area contributed by atoms with Gasteiger partial charge in [0, 0.05) is 5.92 Å². The Hall–Kier alpha value is -1.35. The van der Waals surface area contributed by atoms with Gasteiger partial charge in [0.1, 0.15) is 5.54 Å². The molecule has 1 saturated carbocycles. The largest absolute Gasteiger partial charge is 0.465 e. The number of nitrogens with two attached hydrogens (primary N) is 1. The van der Waals surface area contributed by atoms with Crippen LogP contribution in [-0.4, -0.2) is 18.1 Å². The van der Waals surface area contributed by atoms with Crippen molar-refractivity contribution >= 4 is 5.97 Å². The Morgan fingerprint density at radius 3 is 2.82 bits per heavy atom. The number of hydrogen-bond donors (Lipinski definition) is 1. The lowest BCUT2D eigenvalue weighted by Crippen LogP contribution is -2.36. The molecule has 1 aromatic carbocycles. The molecule has 92 valence electrons. The average Bonchev–Trinajstić information content (AvgIpc) is 2.92. The maximum Gasteiger partial charge on any atom is 0.326 e. The van der Waals surface area contributed by atoms with Crippen LogP contribution in [0.1, 0.15) is 36.0 Å². The van der Waals surface area contributed by atoms with Crippen molar-refractivity contribution in [3.05, 3.63) is 34.9 Å². The van der Waals surface area contributed by atoms with E-state index in [4.69, 9.17) is 10.5 Å². The summed E-state index contributed by atoms with van der Waals surface area (Å²) in [5.74, 6) is -0.160. The van der Waals surface area contributed by atoms with Crippen LogP contribution in [0, 0.1) is 13.8 Å². The lowest BCUT2D eigenvalue weighted by Gasteiger charge is -2.12. The summed E-state index contributed by atoms with van der Waals surface area (Å²) in [5, 5.41) is 0. The molecule has 0 bridgehead atoms. The normalized spacial score (nSPS) is 26.7. The minimum atomic E-state index is -0.796. The summed E-state index contributed by atoms with van der Waals surface area (Å²) in [6, 6.07) is 6.26. The van der Waals surface area contributed by atoms with Crippen molar-refractivity contribution in [1.82, 2.24) is 0 Å². The molecule has 3 nitrogen and oxygen atoms in total. The number of hydrogen-bond acceptors (Lipinski definition) is 3. The number of aryl methyl sites for hydroxylation is 2. The summed E-state index contributed by atoms with van der Waals surface area (Å²) in [6.45, 7) is 6.31. The van der Waals surface area contributed by atoms with Crippen LogP contribution in [-0.2, 0) is 9.53 Å². The van der Waals surface area contributed by atoms with Gasteiger partial charge < -0.3 is 10.5 Å². The number of esters is 1. The Morgan fingerprint density at radius 1 is 1.53 bits per heavy atom. The molecule has 0 radical (unpaired) electrons. The first-order valence-corrected chi connectivity index (χ1v) is 6.02. The van der Waals surface area contributed by atoms with Crippen LogP contribution in [0.5, 0.6) is 0 Å². The monoisotopic (exact) mass is 233 g/mol. The predicted octanol–water partition coefficient (Wildman–Crippen LogP) is 2.05. The van der Waals surface area contributed by atoms with Crippen LogP contribution < -0.4 is 5.73 Å². The van der Waals surface area contributed by atoms with Crippen molar-refractivity contribution in [3.8, 4) is 0 Å². The molecule has 0 amide bonds. The van der Waals surface area contributed by atoms with E-state index in [9.17, 15) is 4.79 Å². The van der Waals surface area contributed by atoms with Gasteiger partial charge in [0.25, 0.3) is 0 Å². The van der Waals surface area contributed by atoms with E-state index in [1.165, 1.54) is 16.7 Å². The Bertz CT molecular complexity index is 456. The number of carbonyl (C=O) groups excluding carboxylic acids is 1. The van der Waals surface area contributed by atoms with Crippen LogP contribution >= 0.6 is 0 Å². The van der Waals surface area contributed by atoms with Gasteiger partial charge in [-0.25, -0.2) is 0 Å². The van der Waals surface area contributed by atoms with Gasteiger partial charge in [0.15, 0.2) is 0 Å². The van der Waals surface area contributed by atoms with Crippen molar-refractivity contribution in [2.24, 2.45) is 5.73 Å². The lowest BCUT2D eigenvalue weighted by molar-refractivity contribution is -0.145. The van der Waals surface area contributed by atoms with Crippen molar-refractivity contribution in [2.45, 2.75) is 38.6 Å².